The lowest BCUT2D eigenvalue weighted by atomic mass is 9.97. The quantitative estimate of drug-likeness (QED) is 0.850. The molecule has 5 nitrogen and oxygen atoms in total. The molecule has 1 aliphatic heterocycles. The smallest absolute Gasteiger partial charge is 0.236 e. The maximum Gasteiger partial charge on any atom is 0.236 e. The Labute approximate surface area is 142 Å². The van der Waals surface area contributed by atoms with E-state index in [-0.39, 0.29) is 18.1 Å². The van der Waals surface area contributed by atoms with E-state index in [4.69, 9.17) is 4.74 Å². The Bertz CT molecular complexity index is 564. The van der Waals surface area contributed by atoms with Crippen molar-refractivity contribution in [3.05, 3.63) is 15.6 Å². The average molecular weight is 337 g/mol. The molecule has 1 aliphatic carbocycles. The number of nitrogens with zero attached hydrogens (tertiary/aromatic N) is 3. The van der Waals surface area contributed by atoms with Gasteiger partial charge in [0.05, 0.1) is 29.5 Å². The van der Waals surface area contributed by atoms with Crippen molar-refractivity contribution in [2.45, 2.75) is 58.3 Å². The molecule has 128 valence electrons. The Hall–Kier alpha value is -0.980. The van der Waals surface area contributed by atoms with Gasteiger partial charge < -0.3 is 9.64 Å². The summed E-state index contributed by atoms with van der Waals surface area (Å²) in [7, 11) is 2.07. The van der Waals surface area contributed by atoms with Gasteiger partial charge >= 0.3 is 0 Å². The summed E-state index contributed by atoms with van der Waals surface area (Å²) in [6.45, 7) is 8.02. The summed E-state index contributed by atoms with van der Waals surface area (Å²) in [6, 6.07) is 0.338. The van der Waals surface area contributed by atoms with Gasteiger partial charge in [-0.2, -0.15) is 0 Å². The van der Waals surface area contributed by atoms with E-state index >= 15 is 0 Å². The minimum Gasteiger partial charge on any atom is -0.372 e. The van der Waals surface area contributed by atoms with Gasteiger partial charge in [0.15, 0.2) is 0 Å². The van der Waals surface area contributed by atoms with Gasteiger partial charge in [0.2, 0.25) is 5.91 Å². The normalized spacial score (nSPS) is 28.0. The van der Waals surface area contributed by atoms with Crippen LogP contribution in [0.4, 0.5) is 0 Å². The van der Waals surface area contributed by atoms with Crippen molar-refractivity contribution in [2.24, 2.45) is 0 Å². The number of thiazole rings is 1. The summed E-state index contributed by atoms with van der Waals surface area (Å²) in [4.78, 5) is 22.9. The van der Waals surface area contributed by atoms with Crippen LogP contribution >= 0.6 is 11.3 Å². The lowest BCUT2D eigenvalue weighted by Gasteiger charge is -2.37. The van der Waals surface area contributed by atoms with Crippen LogP contribution in [-0.2, 0) is 16.0 Å². The van der Waals surface area contributed by atoms with Crippen LogP contribution in [0.1, 0.15) is 48.3 Å². The van der Waals surface area contributed by atoms with E-state index in [0.717, 1.165) is 24.3 Å². The van der Waals surface area contributed by atoms with Crippen LogP contribution in [0.5, 0.6) is 0 Å². The van der Waals surface area contributed by atoms with E-state index in [2.05, 4.69) is 23.9 Å². The van der Waals surface area contributed by atoms with Gasteiger partial charge in [-0.15, -0.1) is 11.3 Å². The number of rotatable bonds is 3. The molecule has 2 heterocycles. The highest BCUT2D eigenvalue weighted by molar-refractivity contribution is 7.11. The number of aryl methyl sites for hydroxylation is 2. The predicted octanol–water partition coefficient (Wildman–Crippen LogP) is 2.40. The number of ether oxygens (including phenoxy) is 1. The van der Waals surface area contributed by atoms with Crippen LogP contribution in [0, 0.1) is 6.92 Å². The Morgan fingerprint density at radius 2 is 2.09 bits per heavy atom. The Morgan fingerprint density at radius 1 is 1.39 bits per heavy atom. The molecule has 0 radical (unpaired) electrons. The van der Waals surface area contributed by atoms with Crippen molar-refractivity contribution in [2.75, 3.05) is 26.7 Å². The summed E-state index contributed by atoms with van der Waals surface area (Å²) in [5.41, 5.74) is 1.25. The fraction of sp³-hybridized carbons (Fsp3) is 0.765. The summed E-state index contributed by atoms with van der Waals surface area (Å²) in [5.74, 6) is 0.211. The van der Waals surface area contributed by atoms with Crippen molar-refractivity contribution in [1.29, 1.82) is 0 Å². The van der Waals surface area contributed by atoms with Crippen molar-refractivity contribution in [1.82, 2.24) is 14.8 Å². The van der Waals surface area contributed by atoms with Gasteiger partial charge in [-0.05, 0) is 47.1 Å². The van der Waals surface area contributed by atoms with Crippen LogP contribution in [0.25, 0.3) is 0 Å². The number of amides is 1. The molecule has 0 aromatic carbocycles. The van der Waals surface area contributed by atoms with Crippen molar-refractivity contribution in [3.63, 3.8) is 0 Å². The van der Waals surface area contributed by atoms with E-state index in [9.17, 15) is 4.79 Å². The second kappa shape index (κ2) is 6.87. The van der Waals surface area contributed by atoms with E-state index in [1.807, 2.05) is 18.7 Å². The molecule has 0 N–H and O–H groups in total. The average Bonchev–Trinajstić information content (AvgIpc) is 2.85. The Kier molecular flexibility index (Phi) is 5.04. The lowest BCUT2D eigenvalue weighted by molar-refractivity contribution is -0.144. The maximum atomic E-state index is 12.7. The summed E-state index contributed by atoms with van der Waals surface area (Å²) >= 11 is 1.79. The molecule has 1 aromatic rings. The largest absolute Gasteiger partial charge is 0.372 e. The number of likely N-dealkylation sites (N-methyl/N-ethyl adjacent to an activating group) is 1. The highest BCUT2D eigenvalue weighted by atomic mass is 32.1. The van der Waals surface area contributed by atoms with Gasteiger partial charge in [-0.3, -0.25) is 9.69 Å². The fourth-order valence-electron chi connectivity index (χ4n) is 3.75. The topological polar surface area (TPSA) is 45.7 Å². The minimum atomic E-state index is 0.124. The zero-order chi connectivity index (χ0) is 16.6. The molecule has 0 saturated carbocycles. The molecule has 1 amide bonds. The fourth-order valence-corrected chi connectivity index (χ4v) is 4.92. The molecule has 3 rings (SSSR count). The van der Waals surface area contributed by atoms with E-state index in [0.29, 0.717) is 25.7 Å². The zero-order valence-corrected chi connectivity index (χ0v) is 15.4. The highest BCUT2D eigenvalue weighted by Crippen LogP contribution is 2.37. The number of carbonyl (C=O) groups is 1. The van der Waals surface area contributed by atoms with Gasteiger partial charge in [-0.1, -0.05) is 0 Å². The maximum absolute atomic E-state index is 12.7. The zero-order valence-electron chi connectivity index (χ0n) is 14.5. The molecule has 3 atom stereocenters. The summed E-state index contributed by atoms with van der Waals surface area (Å²) in [6.07, 6.45) is 3.60. The van der Waals surface area contributed by atoms with E-state index in [1.54, 1.807) is 11.3 Å². The number of fused-ring (bicyclic) bond motifs is 1. The van der Waals surface area contributed by atoms with E-state index in [1.165, 1.54) is 10.6 Å². The molecule has 2 aliphatic rings. The molecule has 0 bridgehead atoms. The first-order chi connectivity index (χ1) is 10.9. The van der Waals surface area contributed by atoms with Crippen LogP contribution in [0.2, 0.25) is 0 Å². The molecule has 1 aromatic heterocycles. The van der Waals surface area contributed by atoms with Crippen molar-refractivity contribution >= 4 is 17.2 Å². The summed E-state index contributed by atoms with van der Waals surface area (Å²) in [5, 5.41) is 1.14. The Balaban J connectivity index is 1.65. The van der Waals surface area contributed by atoms with E-state index < -0.39 is 0 Å². The molecule has 1 fully saturated rings. The monoisotopic (exact) mass is 337 g/mol. The van der Waals surface area contributed by atoms with Crippen molar-refractivity contribution < 1.29 is 9.53 Å². The number of morpholine rings is 1. The summed E-state index contributed by atoms with van der Waals surface area (Å²) < 4.78 is 5.72. The van der Waals surface area contributed by atoms with Crippen LogP contribution < -0.4 is 0 Å². The van der Waals surface area contributed by atoms with Crippen LogP contribution in [0.15, 0.2) is 0 Å². The molecule has 23 heavy (non-hydrogen) atoms. The molecule has 0 unspecified atom stereocenters. The van der Waals surface area contributed by atoms with Gasteiger partial charge in [0.1, 0.15) is 0 Å². The first-order valence-corrected chi connectivity index (χ1v) is 9.35. The third kappa shape index (κ3) is 3.75. The first-order valence-electron chi connectivity index (χ1n) is 8.53. The lowest BCUT2D eigenvalue weighted by Crippen LogP contribution is -2.51. The Morgan fingerprint density at radius 3 is 2.78 bits per heavy atom. The van der Waals surface area contributed by atoms with Gasteiger partial charge in [0.25, 0.3) is 0 Å². The SMILES string of the molecule is Cc1nc2c(s1)[C@H](N(C)CC(=O)N1C[C@@H](C)O[C@@H](C)C1)CCC2. The standard InChI is InChI=1S/C17H27N3O2S/c1-11-8-20(9-12(2)22-11)16(21)10-19(4)15-7-5-6-14-17(15)23-13(3)18-14/h11-12,15H,5-10H2,1-4H3/t11-,12+,15-/m1/s1. The molecule has 0 spiro atoms. The number of hydrogen-bond donors (Lipinski definition) is 0. The molecule has 6 heteroatoms. The number of carbonyl (C=O) groups excluding carboxylic acids is 1. The number of hydrogen-bond acceptors (Lipinski definition) is 5. The first kappa shape index (κ1) is 16.9. The minimum absolute atomic E-state index is 0.124. The van der Waals surface area contributed by atoms with Crippen LogP contribution in [-0.4, -0.2) is 59.6 Å². The molecular weight excluding hydrogens is 310 g/mol. The van der Waals surface area contributed by atoms with Crippen molar-refractivity contribution in [3.8, 4) is 0 Å². The third-order valence-electron chi connectivity index (χ3n) is 4.72. The highest BCUT2D eigenvalue weighted by Gasteiger charge is 2.31. The van der Waals surface area contributed by atoms with Crippen LogP contribution in [0.3, 0.4) is 0 Å². The molecular formula is C17H27N3O2S. The predicted molar refractivity (Wildman–Crippen MR) is 91.7 cm³/mol. The molecule has 1 saturated heterocycles. The van der Waals surface area contributed by atoms with Gasteiger partial charge in [-0.25, -0.2) is 4.98 Å². The second-order valence-electron chi connectivity index (χ2n) is 6.92. The second-order valence-corrected chi connectivity index (χ2v) is 8.16. The van der Waals surface area contributed by atoms with Gasteiger partial charge in [0, 0.05) is 24.0 Å². The number of aromatic nitrogens is 1. The third-order valence-corrected chi connectivity index (χ3v) is 5.83.